The SMILES string of the molecule is CC1(O)CCCN(C(=O)CNC(=O)c2ccc(Br)o2)C1. The minimum Gasteiger partial charge on any atom is -0.444 e. The number of amides is 2. The molecular weight excluding hydrogens is 328 g/mol. The summed E-state index contributed by atoms with van der Waals surface area (Å²) in [4.78, 5) is 25.3. The summed E-state index contributed by atoms with van der Waals surface area (Å²) in [6.07, 6.45) is 1.45. The van der Waals surface area contributed by atoms with Gasteiger partial charge in [-0.1, -0.05) is 0 Å². The highest BCUT2D eigenvalue weighted by atomic mass is 79.9. The van der Waals surface area contributed by atoms with Crippen molar-refractivity contribution in [2.75, 3.05) is 19.6 Å². The van der Waals surface area contributed by atoms with Gasteiger partial charge in [0.2, 0.25) is 5.91 Å². The molecule has 1 aliphatic rings. The minimum atomic E-state index is -0.843. The fraction of sp³-hybridized carbons (Fsp3) is 0.538. The Labute approximate surface area is 125 Å². The standard InChI is InChI=1S/C13H17BrN2O4/c1-13(19)5-2-6-16(8-13)11(17)7-15-12(18)9-3-4-10(14)20-9/h3-4,19H,2,5-8H2,1H3,(H,15,18). The Balaban J connectivity index is 1.84. The number of nitrogens with zero attached hydrogens (tertiary/aromatic N) is 1. The van der Waals surface area contributed by atoms with Crippen LogP contribution in [0.4, 0.5) is 0 Å². The zero-order chi connectivity index (χ0) is 14.8. The Hall–Kier alpha value is -1.34. The topological polar surface area (TPSA) is 82.8 Å². The third kappa shape index (κ3) is 3.83. The van der Waals surface area contributed by atoms with Crippen LogP contribution >= 0.6 is 15.9 Å². The van der Waals surface area contributed by atoms with Crippen LogP contribution in [0.15, 0.2) is 21.2 Å². The van der Waals surface area contributed by atoms with Crippen molar-refractivity contribution in [3.05, 3.63) is 22.6 Å². The van der Waals surface area contributed by atoms with E-state index in [9.17, 15) is 14.7 Å². The Bertz CT molecular complexity index is 512. The fourth-order valence-electron chi connectivity index (χ4n) is 2.22. The van der Waals surface area contributed by atoms with E-state index in [2.05, 4.69) is 21.2 Å². The van der Waals surface area contributed by atoms with Crippen molar-refractivity contribution >= 4 is 27.7 Å². The fourth-order valence-corrected chi connectivity index (χ4v) is 2.53. The minimum absolute atomic E-state index is 0.104. The summed E-state index contributed by atoms with van der Waals surface area (Å²) in [6, 6.07) is 3.13. The van der Waals surface area contributed by atoms with Gasteiger partial charge in [-0.25, -0.2) is 0 Å². The molecular formula is C13H17BrN2O4. The average Bonchev–Trinajstić information content (AvgIpc) is 2.81. The summed E-state index contributed by atoms with van der Waals surface area (Å²) in [5.74, 6) is -0.493. The van der Waals surface area contributed by atoms with Crippen molar-refractivity contribution in [2.24, 2.45) is 0 Å². The Morgan fingerprint density at radius 3 is 2.90 bits per heavy atom. The van der Waals surface area contributed by atoms with E-state index in [1.807, 2.05) is 0 Å². The second-order valence-electron chi connectivity index (χ2n) is 5.20. The lowest BCUT2D eigenvalue weighted by Crippen LogP contribution is -2.51. The van der Waals surface area contributed by atoms with Gasteiger partial charge < -0.3 is 19.7 Å². The normalized spacial score (nSPS) is 22.6. The van der Waals surface area contributed by atoms with Gasteiger partial charge in [0.1, 0.15) is 0 Å². The maximum Gasteiger partial charge on any atom is 0.287 e. The van der Waals surface area contributed by atoms with Gasteiger partial charge in [0.05, 0.1) is 12.1 Å². The van der Waals surface area contributed by atoms with E-state index in [0.29, 0.717) is 24.2 Å². The lowest BCUT2D eigenvalue weighted by atomic mass is 9.95. The largest absolute Gasteiger partial charge is 0.444 e. The first kappa shape index (κ1) is 15.1. The number of aliphatic hydroxyl groups is 1. The number of piperidine rings is 1. The summed E-state index contributed by atoms with van der Waals surface area (Å²) in [5.41, 5.74) is -0.843. The van der Waals surface area contributed by atoms with Crippen molar-refractivity contribution in [2.45, 2.75) is 25.4 Å². The van der Waals surface area contributed by atoms with E-state index >= 15 is 0 Å². The van der Waals surface area contributed by atoms with E-state index < -0.39 is 11.5 Å². The second kappa shape index (κ2) is 5.97. The second-order valence-corrected chi connectivity index (χ2v) is 5.98. The van der Waals surface area contributed by atoms with Gasteiger partial charge in [0.15, 0.2) is 10.4 Å². The maximum atomic E-state index is 12.0. The molecule has 0 radical (unpaired) electrons. The molecule has 6 nitrogen and oxygen atoms in total. The molecule has 2 amide bonds. The average molecular weight is 345 g/mol. The molecule has 2 rings (SSSR count). The number of hydrogen-bond donors (Lipinski definition) is 2. The molecule has 2 heterocycles. The predicted molar refractivity (Wildman–Crippen MR) is 75.2 cm³/mol. The van der Waals surface area contributed by atoms with Gasteiger partial charge in [0.25, 0.3) is 5.91 Å². The Kier molecular flexibility index (Phi) is 4.49. The van der Waals surface area contributed by atoms with Crippen molar-refractivity contribution in [1.82, 2.24) is 10.2 Å². The summed E-state index contributed by atoms with van der Waals surface area (Å²) in [7, 11) is 0. The molecule has 0 spiro atoms. The number of likely N-dealkylation sites (tertiary alicyclic amines) is 1. The number of rotatable bonds is 3. The molecule has 110 valence electrons. The number of nitrogens with one attached hydrogen (secondary N) is 1. The van der Waals surface area contributed by atoms with Crippen LogP contribution in [0.2, 0.25) is 0 Å². The predicted octanol–water partition coefficient (Wildman–Crippen LogP) is 1.15. The van der Waals surface area contributed by atoms with Gasteiger partial charge >= 0.3 is 0 Å². The van der Waals surface area contributed by atoms with E-state index in [-0.39, 0.29) is 18.2 Å². The summed E-state index contributed by atoms with van der Waals surface area (Å²) >= 11 is 3.11. The van der Waals surface area contributed by atoms with E-state index in [4.69, 9.17) is 4.42 Å². The number of halogens is 1. The quantitative estimate of drug-likeness (QED) is 0.861. The van der Waals surface area contributed by atoms with Crippen molar-refractivity contribution in [3.8, 4) is 0 Å². The van der Waals surface area contributed by atoms with Crippen LogP contribution in [0, 0.1) is 0 Å². The van der Waals surface area contributed by atoms with E-state index in [0.717, 1.165) is 6.42 Å². The molecule has 0 saturated carbocycles. The monoisotopic (exact) mass is 344 g/mol. The third-order valence-corrected chi connectivity index (χ3v) is 3.65. The van der Waals surface area contributed by atoms with Gasteiger partial charge in [-0.2, -0.15) is 0 Å². The van der Waals surface area contributed by atoms with Crippen LogP contribution in [0.25, 0.3) is 0 Å². The molecule has 1 atom stereocenters. The molecule has 1 aromatic heterocycles. The van der Waals surface area contributed by atoms with Crippen LogP contribution < -0.4 is 5.32 Å². The van der Waals surface area contributed by atoms with Crippen LogP contribution in [0.5, 0.6) is 0 Å². The summed E-state index contributed by atoms with van der Waals surface area (Å²) < 4.78 is 5.56. The first-order valence-corrected chi connectivity index (χ1v) is 7.20. The number of β-amino-alcohol motifs (C(OH)–C–C–N with tert-alkyl or cyclic N) is 1. The van der Waals surface area contributed by atoms with Crippen LogP contribution in [0.1, 0.15) is 30.3 Å². The first-order chi connectivity index (χ1) is 9.37. The van der Waals surface area contributed by atoms with E-state index in [1.54, 1.807) is 17.9 Å². The Morgan fingerprint density at radius 1 is 1.55 bits per heavy atom. The van der Waals surface area contributed by atoms with Crippen molar-refractivity contribution in [1.29, 1.82) is 0 Å². The highest BCUT2D eigenvalue weighted by molar-refractivity contribution is 9.10. The zero-order valence-electron chi connectivity index (χ0n) is 11.2. The smallest absolute Gasteiger partial charge is 0.287 e. The number of hydrogen-bond acceptors (Lipinski definition) is 4. The Morgan fingerprint density at radius 2 is 2.30 bits per heavy atom. The molecule has 0 bridgehead atoms. The first-order valence-electron chi connectivity index (χ1n) is 6.41. The molecule has 1 aliphatic heterocycles. The van der Waals surface area contributed by atoms with Gasteiger partial charge in [-0.05, 0) is 47.8 Å². The molecule has 0 aromatic carbocycles. The molecule has 1 unspecified atom stereocenters. The van der Waals surface area contributed by atoms with Gasteiger partial charge in [-0.3, -0.25) is 9.59 Å². The van der Waals surface area contributed by atoms with Crippen molar-refractivity contribution in [3.63, 3.8) is 0 Å². The maximum absolute atomic E-state index is 12.0. The molecule has 20 heavy (non-hydrogen) atoms. The van der Waals surface area contributed by atoms with Crippen LogP contribution in [0.3, 0.4) is 0 Å². The number of furan rings is 1. The molecule has 7 heteroatoms. The lowest BCUT2D eigenvalue weighted by Gasteiger charge is -2.36. The summed E-state index contributed by atoms with van der Waals surface area (Å²) in [6.45, 7) is 2.52. The number of carbonyl (C=O) groups excluding carboxylic acids is 2. The zero-order valence-corrected chi connectivity index (χ0v) is 12.8. The molecule has 1 aromatic rings. The molecule has 0 aliphatic carbocycles. The number of carbonyl (C=O) groups is 2. The van der Waals surface area contributed by atoms with Gasteiger partial charge in [0, 0.05) is 13.1 Å². The van der Waals surface area contributed by atoms with E-state index in [1.165, 1.54) is 6.07 Å². The van der Waals surface area contributed by atoms with Gasteiger partial charge in [-0.15, -0.1) is 0 Å². The van der Waals surface area contributed by atoms with Crippen molar-refractivity contribution < 1.29 is 19.1 Å². The third-order valence-electron chi connectivity index (χ3n) is 3.22. The summed E-state index contributed by atoms with van der Waals surface area (Å²) in [5, 5.41) is 12.5. The molecule has 1 saturated heterocycles. The van der Waals surface area contributed by atoms with Crippen LogP contribution in [-0.2, 0) is 4.79 Å². The molecule has 1 fully saturated rings. The highest BCUT2D eigenvalue weighted by Gasteiger charge is 2.30. The van der Waals surface area contributed by atoms with Crippen LogP contribution in [-0.4, -0.2) is 47.1 Å². The molecule has 2 N–H and O–H groups in total. The highest BCUT2D eigenvalue weighted by Crippen LogP contribution is 2.20. The lowest BCUT2D eigenvalue weighted by molar-refractivity contribution is -0.136.